The van der Waals surface area contributed by atoms with Gasteiger partial charge in [-0.05, 0) is 30.7 Å². The second-order valence-corrected chi connectivity index (χ2v) is 8.78. The molecule has 4 nitrogen and oxygen atoms in total. The summed E-state index contributed by atoms with van der Waals surface area (Å²) in [5.41, 5.74) is 1.15. The molecule has 1 atom stereocenters. The number of benzene rings is 1. The molecule has 0 spiro atoms. The highest BCUT2D eigenvalue weighted by Gasteiger charge is 2.30. The number of anilines is 1. The predicted octanol–water partition coefficient (Wildman–Crippen LogP) is 6.69. The molecule has 0 amide bonds. The highest BCUT2D eigenvalue weighted by molar-refractivity contribution is 7.99. The first kappa shape index (κ1) is 22.9. The van der Waals surface area contributed by atoms with Crippen LogP contribution in [0.4, 0.5) is 5.69 Å². The molecule has 28 heavy (non-hydrogen) atoms. The molecule has 0 saturated carbocycles. The van der Waals surface area contributed by atoms with Crippen molar-refractivity contribution in [1.29, 1.82) is 0 Å². The number of hydrogen-bond acceptors (Lipinski definition) is 4. The molecule has 2 rings (SSSR count). The zero-order valence-electron chi connectivity index (χ0n) is 17.4. The molecule has 1 N–H and O–H groups in total. The Morgan fingerprint density at radius 1 is 1.00 bits per heavy atom. The fraction of sp³-hybridized carbons (Fsp3) is 0.696. The van der Waals surface area contributed by atoms with Gasteiger partial charge in [-0.25, -0.2) is 0 Å². The van der Waals surface area contributed by atoms with E-state index in [4.69, 9.17) is 9.84 Å². The molecule has 1 unspecified atom stereocenters. The van der Waals surface area contributed by atoms with Crippen LogP contribution in [0.25, 0.3) is 0 Å². The molecule has 0 aliphatic carbocycles. The molecule has 1 aromatic rings. The van der Waals surface area contributed by atoms with E-state index < -0.39 is 5.97 Å². The third-order valence-electron chi connectivity index (χ3n) is 5.20. The standard InChI is InChI=1S/C23H37NO3S/c1-2-3-4-5-6-7-8-9-10-13-18-24-20-15-11-12-16-21(20)27-23(24)28-19-14-17-22(25)26/h11-12,15-16,23H,2-10,13-14,17-19H2,1H3,(H,25,26). The van der Waals surface area contributed by atoms with E-state index in [0.29, 0.717) is 6.42 Å². The number of nitrogens with zero attached hydrogens (tertiary/aromatic N) is 1. The van der Waals surface area contributed by atoms with Crippen molar-refractivity contribution < 1.29 is 14.6 Å². The predicted molar refractivity (Wildman–Crippen MR) is 119 cm³/mol. The van der Waals surface area contributed by atoms with E-state index >= 15 is 0 Å². The maximum Gasteiger partial charge on any atom is 0.303 e. The molecule has 1 aliphatic rings. The normalized spacial score (nSPS) is 15.5. The molecular formula is C23H37NO3S. The second kappa shape index (κ2) is 13.8. The number of unbranched alkanes of at least 4 members (excludes halogenated alkanes) is 9. The molecule has 0 fully saturated rings. The van der Waals surface area contributed by atoms with Crippen molar-refractivity contribution in [2.24, 2.45) is 0 Å². The number of para-hydroxylation sites is 2. The molecule has 1 heterocycles. The van der Waals surface area contributed by atoms with Gasteiger partial charge in [-0.15, -0.1) is 0 Å². The lowest BCUT2D eigenvalue weighted by molar-refractivity contribution is -0.137. The maximum absolute atomic E-state index is 10.7. The van der Waals surface area contributed by atoms with Gasteiger partial charge in [0.1, 0.15) is 5.75 Å². The second-order valence-electron chi connectivity index (χ2n) is 7.64. The summed E-state index contributed by atoms with van der Waals surface area (Å²) < 4.78 is 6.11. The molecule has 1 aliphatic heterocycles. The maximum atomic E-state index is 10.7. The van der Waals surface area contributed by atoms with E-state index in [2.05, 4.69) is 24.0 Å². The number of rotatable bonds is 16. The summed E-state index contributed by atoms with van der Waals surface area (Å²) in [7, 11) is 0. The molecule has 158 valence electrons. The number of carboxylic acids is 1. The minimum Gasteiger partial charge on any atom is -0.481 e. The minimum absolute atomic E-state index is 0.0234. The van der Waals surface area contributed by atoms with Crippen LogP contribution in [-0.2, 0) is 4.79 Å². The van der Waals surface area contributed by atoms with Crippen molar-refractivity contribution in [3.63, 3.8) is 0 Å². The van der Waals surface area contributed by atoms with Crippen LogP contribution in [-0.4, -0.2) is 28.9 Å². The average Bonchev–Trinajstić information content (AvgIpc) is 3.04. The summed E-state index contributed by atoms with van der Waals surface area (Å²) >= 11 is 1.71. The number of carboxylic acid groups (broad SMARTS) is 1. The number of thioether (sulfide) groups is 1. The van der Waals surface area contributed by atoms with Crippen LogP contribution in [0.3, 0.4) is 0 Å². The first-order valence-electron chi connectivity index (χ1n) is 11.1. The number of aliphatic carboxylic acids is 1. The van der Waals surface area contributed by atoms with Gasteiger partial charge in [0.05, 0.1) is 5.69 Å². The smallest absolute Gasteiger partial charge is 0.303 e. The number of hydrogen-bond donors (Lipinski definition) is 1. The van der Waals surface area contributed by atoms with Crippen LogP contribution in [0.15, 0.2) is 24.3 Å². The lowest BCUT2D eigenvalue weighted by atomic mass is 10.1. The lowest BCUT2D eigenvalue weighted by Crippen LogP contribution is -2.33. The van der Waals surface area contributed by atoms with Crippen molar-refractivity contribution in [3.05, 3.63) is 24.3 Å². The zero-order chi connectivity index (χ0) is 20.0. The molecule has 5 heteroatoms. The third-order valence-corrected chi connectivity index (χ3v) is 6.37. The molecule has 0 radical (unpaired) electrons. The third kappa shape index (κ3) is 8.34. The highest BCUT2D eigenvalue weighted by Crippen LogP contribution is 2.40. The Labute approximate surface area is 175 Å². The monoisotopic (exact) mass is 407 g/mol. The van der Waals surface area contributed by atoms with E-state index in [0.717, 1.165) is 18.0 Å². The van der Waals surface area contributed by atoms with Crippen LogP contribution in [0.5, 0.6) is 5.75 Å². The van der Waals surface area contributed by atoms with Gasteiger partial charge in [0.15, 0.2) is 0 Å². The number of fused-ring (bicyclic) bond motifs is 1. The molecule has 0 aromatic heterocycles. The van der Waals surface area contributed by atoms with Gasteiger partial charge >= 0.3 is 5.97 Å². The quantitative estimate of drug-likeness (QED) is 0.309. The summed E-state index contributed by atoms with van der Waals surface area (Å²) in [6.07, 6.45) is 14.3. The molecule has 1 aromatic carbocycles. The Morgan fingerprint density at radius 2 is 1.64 bits per heavy atom. The minimum atomic E-state index is -0.724. The van der Waals surface area contributed by atoms with Gasteiger partial charge < -0.3 is 14.7 Å². The molecular weight excluding hydrogens is 370 g/mol. The number of ether oxygens (including phenoxy) is 1. The van der Waals surface area contributed by atoms with Gasteiger partial charge in [-0.1, -0.05) is 88.6 Å². The van der Waals surface area contributed by atoms with E-state index in [9.17, 15) is 4.79 Å². The van der Waals surface area contributed by atoms with Gasteiger partial charge in [-0.3, -0.25) is 4.79 Å². The Bertz CT molecular complexity index is 567. The topological polar surface area (TPSA) is 49.8 Å². The summed E-state index contributed by atoms with van der Waals surface area (Å²) in [5.74, 6) is 1.03. The fourth-order valence-corrected chi connectivity index (χ4v) is 4.69. The van der Waals surface area contributed by atoms with Crippen LogP contribution >= 0.6 is 11.8 Å². The van der Waals surface area contributed by atoms with E-state index in [1.807, 2.05) is 12.1 Å². The van der Waals surface area contributed by atoms with Crippen LogP contribution in [0, 0.1) is 0 Å². The van der Waals surface area contributed by atoms with Gasteiger partial charge in [0.2, 0.25) is 5.56 Å². The van der Waals surface area contributed by atoms with E-state index in [-0.39, 0.29) is 12.0 Å². The number of carbonyl (C=O) groups is 1. The average molecular weight is 408 g/mol. The van der Waals surface area contributed by atoms with E-state index in [1.165, 1.54) is 69.9 Å². The summed E-state index contributed by atoms with van der Waals surface area (Å²) in [6.45, 7) is 3.27. The van der Waals surface area contributed by atoms with Crippen molar-refractivity contribution >= 4 is 23.4 Å². The largest absolute Gasteiger partial charge is 0.481 e. The molecule has 0 bridgehead atoms. The SMILES string of the molecule is CCCCCCCCCCCCN1c2ccccc2OC1SCCCC(=O)O. The summed E-state index contributed by atoms with van der Waals surface area (Å²) in [4.78, 5) is 13.1. The van der Waals surface area contributed by atoms with Gasteiger partial charge in [0.25, 0.3) is 0 Å². The van der Waals surface area contributed by atoms with Crippen LogP contribution < -0.4 is 9.64 Å². The van der Waals surface area contributed by atoms with E-state index in [1.54, 1.807) is 11.8 Å². The Morgan fingerprint density at radius 3 is 2.32 bits per heavy atom. The zero-order valence-corrected chi connectivity index (χ0v) is 18.2. The van der Waals surface area contributed by atoms with Crippen molar-refractivity contribution in [3.8, 4) is 5.75 Å². The van der Waals surface area contributed by atoms with Gasteiger partial charge in [-0.2, -0.15) is 0 Å². The van der Waals surface area contributed by atoms with Crippen LogP contribution in [0.1, 0.15) is 84.0 Å². The first-order valence-corrected chi connectivity index (χ1v) is 12.1. The fourth-order valence-electron chi connectivity index (χ4n) is 3.61. The van der Waals surface area contributed by atoms with Crippen LogP contribution in [0.2, 0.25) is 0 Å². The van der Waals surface area contributed by atoms with Gasteiger partial charge in [0, 0.05) is 13.0 Å². The summed E-state index contributed by atoms with van der Waals surface area (Å²) in [5, 5.41) is 8.81. The van der Waals surface area contributed by atoms with Crippen molar-refractivity contribution in [2.45, 2.75) is 89.5 Å². The highest BCUT2D eigenvalue weighted by atomic mass is 32.2. The van der Waals surface area contributed by atoms with Crippen molar-refractivity contribution in [2.75, 3.05) is 17.2 Å². The first-order chi connectivity index (χ1) is 13.7. The Kier molecular flexibility index (Phi) is 11.3. The molecule has 0 saturated heterocycles. The lowest BCUT2D eigenvalue weighted by Gasteiger charge is -2.24. The Balaban J connectivity index is 1.66. The Hall–Kier alpha value is -1.36. The summed E-state index contributed by atoms with van der Waals surface area (Å²) in [6, 6.07) is 8.22. The van der Waals surface area contributed by atoms with Crippen molar-refractivity contribution in [1.82, 2.24) is 0 Å².